The molecule has 0 spiro atoms. The number of anilines is 1. The van der Waals surface area contributed by atoms with Gasteiger partial charge in [-0.3, -0.25) is 0 Å². The maximum absolute atomic E-state index is 11.4. The summed E-state index contributed by atoms with van der Waals surface area (Å²) >= 11 is 0. The summed E-state index contributed by atoms with van der Waals surface area (Å²) < 4.78 is 1.67. The van der Waals surface area contributed by atoms with Crippen LogP contribution < -0.4 is 4.90 Å². The van der Waals surface area contributed by atoms with Gasteiger partial charge in [-0.25, -0.2) is 9.78 Å². The Balaban J connectivity index is 2.13. The third-order valence-corrected chi connectivity index (χ3v) is 4.01. The summed E-state index contributed by atoms with van der Waals surface area (Å²) in [6, 6.07) is 1.59. The van der Waals surface area contributed by atoms with Gasteiger partial charge >= 0.3 is 5.97 Å². The fourth-order valence-corrected chi connectivity index (χ4v) is 2.54. The van der Waals surface area contributed by atoms with Crippen molar-refractivity contribution in [2.45, 2.75) is 26.2 Å². The third-order valence-electron chi connectivity index (χ3n) is 4.01. The van der Waals surface area contributed by atoms with E-state index in [2.05, 4.69) is 31.9 Å². The molecule has 0 aromatic carbocycles. The van der Waals surface area contributed by atoms with E-state index in [-0.39, 0.29) is 11.1 Å². The van der Waals surface area contributed by atoms with E-state index >= 15 is 0 Å². The molecular weight excluding hydrogens is 296 g/mol. The van der Waals surface area contributed by atoms with Crippen LogP contribution in [0.25, 0.3) is 5.78 Å². The minimum Gasteiger partial charge on any atom is -0.477 e. The van der Waals surface area contributed by atoms with Gasteiger partial charge in [-0.2, -0.15) is 9.50 Å². The Kier molecular flexibility index (Phi) is 3.71. The van der Waals surface area contributed by atoms with Crippen LogP contribution in [0.1, 0.15) is 37.1 Å². The minimum absolute atomic E-state index is 0.000660. The lowest BCUT2D eigenvalue weighted by atomic mass is 9.96. The molecular formula is C15H22N6O2. The van der Waals surface area contributed by atoms with Crippen LogP contribution in [-0.4, -0.2) is 68.8 Å². The Morgan fingerprint density at radius 1 is 1.17 bits per heavy atom. The highest BCUT2D eigenvalue weighted by Crippen LogP contribution is 2.23. The molecule has 8 nitrogen and oxygen atoms in total. The highest BCUT2D eigenvalue weighted by molar-refractivity contribution is 5.87. The highest BCUT2D eigenvalue weighted by Gasteiger charge is 2.25. The predicted octanol–water partition coefficient (Wildman–Crippen LogP) is 0.872. The number of hydrogen-bond donors (Lipinski definition) is 1. The van der Waals surface area contributed by atoms with Crippen molar-refractivity contribution in [3.63, 3.8) is 0 Å². The van der Waals surface area contributed by atoms with E-state index in [0.717, 1.165) is 32.0 Å². The van der Waals surface area contributed by atoms with Gasteiger partial charge in [-0.15, -0.1) is 5.10 Å². The average molecular weight is 318 g/mol. The first kappa shape index (κ1) is 15.7. The number of aromatic carboxylic acids is 1. The summed E-state index contributed by atoms with van der Waals surface area (Å²) in [5.41, 5.74) is -0.226. The number of likely N-dealkylation sites (N-methyl/N-ethyl adjacent to an activating group) is 1. The van der Waals surface area contributed by atoms with Crippen molar-refractivity contribution in [3.8, 4) is 0 Å². The molecule has 0 bridgehead atoms. The molecule has 1 saturated heterocycles. The smallest absolute Gasteiger partial charge is 0.354 e. The quantitative estimate of drug-likeness (QED) is 0.879. The largest absolute Gasteiger partial charge is 0.477 e. The lowest BCUT2D eigenvalue weighted by Crippen LogP contribution is -2.45. The van der Waals surface area contributed by atoms with Crippen LogP contribution in [0.3, 0.4) is 0 Å². The van der Waals surface area contributed by atoms with Gasteiger partial charge in [0.05, 0.1) is 0 Å². The van der Waals surface area contributed by atoms with Gasteiger partial charge < -0.3 is 14.9 Å². The van der Waals surface area contributed by atoms with Gasteiger partial charge in [-0.05, 0) is 7.05 Å². The number of carboxylic acid groups (broad SMARTS) is 1. The normalized spacial score (nSPS) is 17.0. The number of aromatic nitrogens is 4. The monoisotopic (exact) mass is 318 g/mol. The number of carboxylic acids is 1. The lowest BCUT2D eigenvalue weighted by molar-refractivity contribution is 0.0690. The minimum atomic E-state index is -1.05. The van der Waals surface area contributed by atoms with Gasteiger partial charge in [-0.1, -0.05) is 20.8 Å². The van der Waals surface area contributed by atoms with E-state index in [1.807, 2.05) is 20.8 Å². The fourth-order valence-electron chi connectivity index (χ4n) is 2.54. The van der Waals surface area contributed by atoms with Gasteiger partial charge in [0.2, 0.25) is 0 Å². The third kappa shape index (κ3) is 2.98. The Morgan fingerprint density at radius 3 is 2.39 bits per heavy atom. The van der Waals surface area contributed by atoms with Crippen molar-refractivity contribution in [1.29, 1.82) is 0 Å². The number of fused-ring (bicyclic) bond motifs is 1. The predicted molar refractivity (Wildman–Crippen MR) is 86.2 cm³/mol. The Labute approximate surface area is 134 Å². The maximum Gasteiger partial charge on any atom is 0.354 e. The second kappa shape index (κ2) is 5.45. The van der Waals surface area contributed by atoms with Gasteiger partial charge in [0.1, 0.15) is 5.82 Å². The number of hydrogen-bond acceptors (Lipinski definition) is 6. The summed E-state index contributed by atoms with van der Waals surface area (Å²) in [6.07, 6.45) is 0. The van der Waals surface area contributed by atoms with Crippen molar-refractivity contribution < 1.29 is 9.90 Å². The second-order valence-electron chi connectivity index (χ2n) is 6.99. The van der Waals surface area contributed by atoms with Crippen LogP contribution in [0.5, 0.6) is 0 Å². The first-order chi connectivity index (χ1) is 10.8. The van der Waals surface area contributed by atoms with Crippen LogP contribution in [0.15, 0.2) is 6.07 Å². The molecule has 0 amide bonds. The first-order valence-electron chi connectivity index (χ1n) is 7.71. The number of rotatable bonds is 2. The summed E-state index contributed by atoms with van der Waals surface area (Å²) in [6.45, 7) is 9.55. The van der Waals surface area contributed by atoms with E-state index in [1.165, 1.54) is 0 Å². The maximum atomic E-state index is 11.4. The van der Waals surface area contributed by atoms with Crippen LogP contribution >= 0.6 is 0 Å². The van der Waals surface area contributed by atoms with E-state index in [4.69, 9.17) is 0 Å². The van der Waals surface area contributed by atoms with Crippen LogP contribution in [0, 0.1) is 0 Å². The summed E-state index contributed by atoms with van der Waals surface area (Å²) in [4.78, 5) is 24.3. The second-order valence-corrected chi connectivity index (χ2v) is 6.99. The van der Waals surface area contributed by atoms with Crippen LogP contribution in [-0.2, 0) is 5.41 Å². The SMILES string of the molecule is CN1CCN(c2cc(C(=O)O)nc3nc(C(C)(C)C)nn23)CC1. The van der Waals surface area contributed by atoms with E-state index < -0.39 is 5.97 Å². The molecule has 0 atom stereocenters. The molecule has 0 aliphatic carbocycles. The van der Waals surface area contributed by atoms with E-state index in [9.17, 15) is 9.90 Å². The molecule has 3 heterocycles. The zero-order valence-corrected chi connectivity index (χ0v) is 13.9. The fraction of sp³-hybridized carbons (Fsp3) is 0.600. The molecule has 0 saturated carbocycles. The lowest BCUT2D eigenvalue weighted by Gasteiger charge is -2.33. The molecule has 8 heteroatoms. The van der Waals surface area contributed by atoms with Crippen LogP contribution in [0.2, 0.25) is 0 Å². The van der Waals surface area contributed by atoms with Crippen molar-refractivity contribution in [2.75, 3.05) is 38.1 Å². The summed E-state index contributed by atoms with van der Waals surface area (Å²) in [7, 11) is 2.08. The van der Waals surface area contributed by atoms with Crippen molar-refractivity contribution in [1.82, 2.24) is 24.5 Å². The molecule has 1 N–H and O–H groups in total. The molecule has 0 radical (unpaired) electrons. The first-order valence-corrected chi connectivity index (χ1v) is 7.71. The Hall–Kier alpha value is -2.22. The zero-order valence-electron chi connectivity index (χ0n) is 13.9. The molecule has 2 aromatic rings. The molecule has 23 heavy (non-hydrogen) atoms. The molecule has 1 aliphatic heterocycles. The Bertz CT molecular complexity index is 740. The van der Waals surface area contributed by atoms with Gasteiger partial charge in [0, 0.05) is 37.7 Å². The van der Waals surface area contributed by atoms with Crippen molar-refractivity contribution in [2.24, 2.45) is 0 Å². The molecule has 2 aromatic heterocycles. The topological polar surface area (TPSA) is 86.9 Å². The average Bonchev–Trinajstić information content (AvgIpc) is 2.91. The van der Waals surface area contributed by atoms with Crippen LogP contribution in [0.4, 0.5) is 5.82 Å². The number of piperazine rings is 1. The molecule has 3 rings (SSSR count). The van der Waals surface area contributed by atoms with Crippen molar-refractivity contribution in [3.05, 3.63) is 17.6 Å². The zero-order chi connectivity index (χ0) is 16.8. The summed E-state index contributed by atoms with van der Waals surface area (Å²) in [5.74, 6) is 0.679. The molecule has 1 aliphatic rings. The Morgan fingerprint density at radius 2 is 1.83 bits per heavy atom. The van der Waals surface area contributed by atoms with Crippen molar-refractivity contribution >= 4 is 17.6 Å². The number of nitrogens with zero attached hydrogens (tertiary/aromatic N) is 6. The van der Waals surface area contributed by atoms with Gasteiger partial charge in [0.15, 0.2) is 11.5 Å². The highest BCUT2D eigenvalue weighted by atomic mass is 16.4. The molecule has 124 valence electrons. The van der Waals surface area contributed by atoms with E-state index in [0.29, 0.717) is 11.6 Å². The standard InChI is InChI=1S/C15H22N6O2/c1-15(2,3)13-17-14-16-10(12(22)23)9-11(21(14)18-13)20-7-5-19(4)6-8-20/h9H,5-8H2,1-4H3,(H,22,23). The molecule has 1 fully saturated rings. The number of carbonyl (C=O) groups is 1. The van der Waals surface area contributed by atoms with Gasteiger partial charge in [0.25, 0.3) is 5.78 Å². The summed E-state index contributed by atoms with van der Waals surface area (Å²) in [5, 5.41) is 13.9. The molecule has 0 unspecified atom stereocenters. The van der Waals surface area contributed by atoms with E-state index in [1.54, 1.807) is 10.6 Å².